The topological polar surface area (TPSA) is 37.4 Å². The van der Waals surface area contributed by atoms with Gasteiger partial charge in [0, 0.05) is 22.0 Å². The molecule has 2 fully saturated rings. The van der Waals surface area contributed by atoms with Crippen LogP contribution in [-0.4, -0.2) is 27.3 Å². The molecule has 4 heteroatoms. The number of rotatable bonds is 3. The lowest BCUT2D eigenvalue weighted by Crippen LogP contribution is -2.52. The molecule has 5 atom stereocenters. The van der Waals surface area contributed by atoms with Crippen molar-refractivity contribution in [3.05, 3.63) is 23.8 Å². The monoisotopic (exact) mass is 347 g/mol. The van der Waals surface area contributed by atoms with Gasteiger partial charge < -0.3 is 0 Å². The highest BCUT2D eigenvalue weighted by Crippen LogP contribution is 2.78. The third kappa shape index (κ3) is 1.61. The summed E-state index contributed by atoms with van der Waals surface area (Å²) in [5, 5.41) is 0.0787. The number of carbonyl (C=O) groups excluding carboxylic acids is 2. The molecule has 0 aromatic rings. The second-order valence-electron chi connectivity index (χ2n) is 8.66. The van der Waals surface area contributed by atoms with E-state index in [9.17, 15) is 9.59 Å². The summed E-state index contributed by atoms with van der Waals surface area (Å²) < 4.78 is 0. The first-order chi connectivity index (χ1) is 11.0. The zero-order valence-electron chi connectivity index (χ0n) is 15.9. The molecular weight excluding hydrogens is 318 g/mol. The van der Waals surface area contributed by atoms with Crippen LogP contribution in [0.15, 0.2) is 23.8 Å². The molecule has 2 bridgehead atoms. The normalized spacial score (nSPS) is 41.0. The Labute approximate surface area is 149 Å². The van der Waals surface area contributed by atoms with Crippen LogP contribution in [0.3, 0.4) is 0 Å². The van der Waals surface area contributed by atoms with Crippen LogP contribution in [0.2, 0.25) is 0 Å². The minimum atomic E-state index is -0.199. The highest BCUT2D eigenvalue weighted by Gasteiger charge is 2.78. The number of fused-ring (bicyclic) bond motifs is 5. The Balaban J connectivity index is 2.13. The maximum Gasteiger partial charge on any atom is 0.288 e. The van der Waals surface area contributed by atoms with Crippen molar-refractivity contribution < 1.29 is 9.59 Å². The molecule has 0 aromatic heterocycles. The van der Waals surface area contributed by atoms with Gasteiger partial charge in [-0.1, -0.05) is 63.6 Å². The Hall–Kier alpha value is -1.03. The van der Waals surface area contributed by atoms with Gasteiger partial charge in [0.15, 0.2) is 0 Å². The molecule has 0 radical (unpaired) electrons. The fraction of sp³-hybridized carbons (Fsp3) is 0.700. The summed E-state index contributed by atoms with van der Waals surface area (Å²) in [4.78, 5) is 27.4. The summed E-state index contributed by atoms with van der Waals surface area (Å²) in [6, 6.07) is -0.0431. The van der Waals surface area contributed by atoms with E-state index in [1.165, 1.54) is 22.9 Å². The van der Waals surface area contributed by atoms with Gasteiger partial charge in [-0.15, -0.1) is 6.58 Å². The summed E-state index contributed by atoms with van der Waals surface area (Å²) in [6.45, 7) is 19.2. The molecule has 1 aliphatic heterocycles. The van der Waals surface area contributed by atoms with Crippen molar-refractivity contribution in [2.75, 3.05) is 0 Å². The number of allylic oxidation sites excluding steroid dienone is 2. The predicted octanol–water partition coefficient (Wildman–Crippen LogP) is 5.03. The molecule has 0 N–H and O–H groups in total. The van der Waals surface area contributed by atoms with Crippen LogP contribution >= 0.6 is 11.8 Å². The highest BCUT2D eigenvalue weighted by atomic mass is 32.2. The van der Waals surface area contributed by atoms with Gasteiger partial charge >= 0.3 is 0 Å². The molecule has 132 valence electrons. The van der Waals surface area contributed by atoms with E-state index in [1.807, 2.05) is 6.92 Å². The van der Waals surface area contributed by atoms with Crippen molar-refractivity contribution >= 4 is 22.9 Å². The molecule has 0 unspecified atom stereocenters. The van der Waals surface area contributed by atoms with Gasteiger partial charge in [-0.2, -0.15) is 0 Å². The minimum absolute atomic E-state index is 0.0113. The van der Waals surface area contributed by atoms with E-state index >= 15 is 0 Å². The van der Waals surface area contributed by atoms with Gasteiger partial charge in [0.2, 0.25) is 5.91 Å². The van der Waals surface area contributed by atoms with Crippen molar-refractivity contribution in [3.63, 3.8) is 0 Å². The number of hydrogen-bond donors (Lipinski definition) is 0. The van der Waals surface area contributed by atoms with Gasteiger partial charge in [-0.05, 0) is 25.7 Å². The van der Waals surface area contributed by atoms with Crippen LogP contribution in [-0.2, 0) is 4.79 Å². The highest BCUT2D eigenvalue weighted by molar-refractivity contribution is 8.14. The third-order valence-electron chi connectivity index (χ3n) is 8.05. The smallest absolute Gasteiger partial charge is 0.274 e. The fourth-order valence-corrected chi connectivity index (χ4v) is 7.47. The average Bonchev–Trinajstić information content (AvgIpc) is 2.96. The molecule has 3 nitrogen and oxygen atoms in total. The predicted molar refractivity (Wildman–Crippen MR) is 99.8 cm³/mol. The van der Waals surface area contributed by atoms with E-state index in [-0.39, 0.29) is 44.6 Å². The van der Waals surface area contributed by atoms with E-state index in [1.54, 1.807) is 11.0 Å². The molecule has 0 aromatic carbocycles. The average molecular weight is 348 g/mol. The van der Waals surface area contributed by atoms with E-state index < -0.39 is 0 Å². The van der Waals surface area contributed by atoms with Gasteiger partial charge in [0.1, 0.15) is 0 Å². The van der Waals surface area contributed by atoms with Gasteiger partial charge in [-0.25, -0.2) is 0 Å². The maximum atomic E-state index is 13.0. The third-order valence-corrected chi connectivity index (χ3v) is 9.43. The van der Waals surface area contributed by atoms with Crippen molar-refractivity contribution in [2.45, 2.75) is 66.2 Å². The standard InChI is InChI=1S/C20H29NO2S/c1-9-10-11(2)16(22)21-14-15(24-17(21)23)20(8)13(4)12(3)19(14,7)18(20,5)6/h9,11,14-15H,1,10H2,2-8H3/t11-,14+,15-,19+,20-/m1/s1. The summed E-state index contributed by atoms with van der Waals surface area (Å²) >= 11 is 1.38. The van der Waals surface area contributed by atoms with Crippen molar-refractivity contribution in [2.24, 2.45) is 22.2 Å². The zero-order valence-corrected chi connectivity index (χ0v) is 16.7. The Kier molecular flexibility index (Phi) is 3.70. The molecule has 1 saturated heterocycles. The largest absolute Gasteiger partial charge is 0.288 e. The van der Waals surface area contributed by atoms with E-state index in [0.29, 0.717) is 6.42 Å². The SMILES string of the molecule is C=CC[C@@H](C)C(=O)N1C(=O)S[C@@H]2[C@H]1[C@]1(C)C(C)=C(C)[C@@]2(C)C1(C)C. The Bertz CT molecular complexity index is 679. The number of imide groups is 1. The van der Waals surface area contributed by atoms with Crippen molar-refractivity contribution in [3.8, 4) is 0 Å². The van der Waals surface area contributed by atoms with Crippen LogP contribution in [0.5, 0.6) is 0 Å². The molecule has 3 rings (SSSR count). The molecule has 1 saturated carbocycles. The second kappa shape index (κ2) is 5.00. The molecular formula is C20H29NO2S. The van der Waals surface area contributed by atoms with Crippen LogP contribution in [0.1, 0.15) is 54.9 Å². The second-order valence-corrected chi connectivity index (χ2v) is 9.76. The summed E-state index contributed by atoms with van der Waals surface area (Å²) in [5.74, 6) is -0.242. The Morgan fingerprint density at radius 2 is 1.79 bits per heavy atom. The van der Waals surface area contributed by atoms with Gasteiger partial charge in [0.05, 0.1) is 6.04 Å². The number of amides is 2. The van der Waals surface area contributed by atoms with E-state index in [2.05, 4.69) is 48.1 Å². The first-order valence-corrected chi connectivity index (χ1v) is 9.68. The Morgan fingerprint density at radius 3 is 2.33 bits per heavy atom. The number of thioether (sulfide) groups is 1. The zero-order chi connectivity index (χ0) is 18.2. The molecule has 2 aliphatic carbocycles. The van der Waals surface area contributed by atoms with Crippen LogP contribution in [0, 0.1) is 22.2 Å². The molecule has 3 aliphatic rings. The number of carbonyl (C=O) groups is 2. The summed E-state index contributed by atoms with van der Waals surface area (Å²) in [6.07, 6.45) is 2.37. The molecule has 0 spiro atoms. The Morgan fingerprint density at radius 1 is 1.25 bits per heavy atom. The lowest BCUT2D eigenvalue weighted by atomic mass is 9.62. The number of hydrogen-bond acceptors (Lipinski definition) is 3. The first kappa shape index (κ1) is 17.8. The maximum absolute atomic E-state index is 13.0. The van der Waals surface area contributed by atoms with Crippen molar-refractivity contribution in [1.29, 1.82) is 0 Å². The number of nitrogens with zero attached hydrogens (tertiary/aromatic N) is 1. The van der Waals surface area contributed by atoms with Crippen LogP contribution in [0.4, 0.5) is 4.79 Å². The lowest BCUT2D eigenvalue weighted by molar-refractivity contribution is -0.134. The molecule has 1 heterocycles. The first-order valence-electron chi connectivity index (χ1n) is 8.80. The van der Waals surface area contributed by atoms with Gasteiger partial charge in [-0.3, -0.25) is 14.5 Å². The molecule has 2 amide bonds. The van der Waals surface area contributed by atoms with Crippen LogP contribution < -0.4 is 0 Å². The molecule has 24 heavy (non-hydrogen) atoms. The quantitative estimate of drug-likeness (QED) is 0.672. The lowest BCUT2D eigenvalue weighted by Gasteiger charge is -2.44. The summed E-state index contributed by atoms with van der Waals surface area (Å²) in [5.41, 5.74) is 2.55. The minimum Gasteiger partial charge on any atom is -0.274 e. The van der Waals surface area contributed by atoms with E-state index in [4.69, 9.17) is 0 Å². The summed E-state index contributed by atoms with van der Waals surface area (Å²) in [7, 11) is 0. The van der Waals surface area contributed by atoms with Gasteiger partial charge in [0.25, 0.3) is 5.24 Å². The van der Waals surface area contributed by atoms with Crippen LogP contribution in [0.25, 0.3) is 0 Å². The van der Waals surface area contributed by atoms with Crippen molar-refractivity contribution in [1.82, 2.24) is 4.90 Å². The fourth-order valence-electron chi connectivity index (χ4n) is 5.71. The van der Waals surface area contributed by atoms with E-state index in [0.717, 1.165) is 0 Å².